The van der Waals surface area contributed by atoms with Crippen LogP contribution in [0.15, 0.2) is 12.2 Å². The van der Waals surface area contributed by atoms with Crippen LogP contribution in [-0.2, 0) is 19.1 Å². The average Bonchev–Trinajstić information content (AvgIpc) is 2.09. The lowest BCUT2D eigenvalue weighted by Gasteiger charge is -2.05. The molecular weight excluding hydrogens is 229 g/mol. The number of hydrogen-bond donors (Lipinski definition) is 0. The van der Waals surface area contributed by atoms with E-state index in [4.69, 9.17) is 0 Å². The number of halogens is 3. The van der Waals surface area contributed by atoms with Gasteiger partial charge in [-0.15, -0.1) is 0 Å². The predicted octanol–water partition coefficient (Wildman–Crippen LogP) is 1.60. The zero-order chi connectivity index (χ0) is 12.8. The van der Waals surface area contributed by atoms with Crippen molar-refractivity contribution in [3.63, 3.8) is 0 Å². The molecule has 0 N–H and O–H groups in total. The lowest BCUT2D eigenvalue weighted by Crippen LogP contribution is -2.19. The minimum atomic E-state index is -4.58. The lowest BCUT2D eigenvalue weighted by atomic mass is 10.4. The van der Waals surface area contributed by atoms with Gasteiger partial charge < -0.3 is 9.47 Å². The fourth-order valence-corrected chi connectivity index (χ4v) is 0.609. The Labute approximate surface area is 90.0 Å². The number of carbonyl (C=O) groups is 2. The molecule has 0 aliphatic rings. The summed E-state index contributed by atoms with van der Waals surface area (Å²) in [6.45, 7) is 1.50. The Morgan fingerprint density at radius 3 is 2.12 bits per heavy atom. The predicted molar refractivity (Wildman–Crippen MR) is 47.4 cm³/mol. The molecule has 0 atom stereocenters. The first-order valence-electron chi connectivity index (χ1n) is 4.33. The Bertz CT molecular complexity index is 281. The second-order valence-corrected chi connectivity index (χ2v) is 3.04. The van der Waals surface area contributed by atoms with E-state index in [9.17, 15) is 22.8 Å². The van der Waals surface area contributed by atoms with E-state index in [1.807, 2.05) is 0 Å². The molecule has 0 aromatic heterocycles. The van der Waals surface area contributed by atoms with Crippen molar-refractivity contribution in [3.8, 4) is 0 Å². The van der Waals surface area contributed by atoms with Crippen molar-refractivity contribution >= 4 is 11.9 Å². The minimum absolute atomic E-state index is 0.372. The summed E-state index contributed by atoms with van der Waals surface area (Å²) in [5.74, 6) is -2.07. The topological polar surface area (TPSA) is 52.6 Å². The third kappa shape index (κ3) is 9.04. The van der Waals surface area contributed by atoms with Crippen LogP contribution in [0.2, 0.25) is 0 Å². The molecule has 0 bridgehead atoms. The molecular formula is C9H11F3O4. The molecule has 0 aliphatic carbocycles. The normalized spacial score (nSPS) is 11.9. The maximum absolute atomic E-state index is 11.6. The SMILES string of the molecule is CC(C)OC(=O)/C=C/C(=O)OCC(F)(F)F. The van der Waals surface area contributed by atoms with Crippen molar-refractivity contribution in [3.05, 3.63) is 12.2 Å². The summed E-state index contributed by atoms with van der Waals surface area (Å²) in [6.07, 6.45) is -3.67. The third-order valence-corrected chi connectivity index (χ3v) is 1.09. The van der Waals surface area contributed by atoms with Gasteiger partial charge in [0.05, 0.1) is 6.10 Å². The molecule has 7 heteroatoms. The van der Waals surface area contributed by atoms with Gasteiger partial charge in [0.1, 0.15) is 0 Å². The summed E-state index contributed by atoms with van der Waals surface area (Å²) in [5.41, 5.74) is 0. The first kappa shape index (κ1) is 14.5. The summed E-state index contributed by atoms with van der Waals surface area (Å²) < 4.78 is 43.2. The average molecular weight is 240 g/mol. The number of alkyl halides is 3. The highest BCUT2D eigenvalue weighted by Crippen LogP contribution is 2.14. The fourth-order valence-electron chi connectivity index (χ4n) is 0.609. The molecule has 92 valence electrons. The molecule has 0 aliphatic heterocycles. The van der Waals surface area contributed by atoms with E-state index in [1.54, 1.807) is 13.8 Å². The molecule has 0 amide bonds. The highest BCUT2D eigenvalue weighted by atomic mass is 19.4. The van der Waals surface area contributed by atoms with Gasteiger partial charge in [-0.2, -0.15) is 13.2 Å². The van der Waals surface area contributed by atoms with Crippen molar-refractivity contribution in [1.82, 2.24) is 0 Å². The maximum Gasteiger partial charge on any atom is 0.422 e. The monoisotopic (exact) mass is 240 g/mol. The molecule has 0 fully saturated rings. The van der Waals surface area contributed by atoms with Crippen molar-refractivity contribution in [2.24, 2.45) is 0 Å². The van der Waals surface area contributed by atoms with Crippen LogP contribution >= 0.6 is 0 Å². The van der Waals surface area contributed by atoms with Gasteiger partial charge in [0.25, 0.3) is 0 Å². The Morgan fingerprint density at radius 2 is 1.69 bits per heavy atom. The minimum Gasteiger partial charge on any atom is -0.460 e. The summed E-state index contributed by atoms with van der Waals surface area (Å²) in [4.78, 5) is 21.5. The van der Waals surface area contributed by atoms with Gasteiger partial charge in [-0.1, -0.05) is 0 Å². The number of esters is 2. The van der Waals surface area contributed by atoms with Crippen LogP contribution < -0.4 is 0 Å². The molecule has 0 radical (unpaired) electrons. The summed E-state index contributed by atoms with van der Waals surface area (Å²) >= 11 is 0. The fraction of sp³-hybridized carbons (Fsp3) is 0.556. The van der Waals surface area contributed by atoms with Crippen molar-refractivity contribution in [2.75, 3.05) is 6.61 Å². The first-order valence-corrected chi connectivity index (χ1v) is 4.33. The molecule has 0 heterocycles. The van der Waals surface area contributed by atoms with Gasteiger partial charge in [0, 0.05) is 12.2 Å². The van der Waals surface area contributed by atoms with Crippen LogP contribution in [0.3, 0.4) is 0 Å². The van der Waals surface area contributed by atoms with E-state index in [1.165, 1.54) is 0 Å². The Hall–Kier alpha value is -1.53. The van der Waals surface area contributed by atoms with Crippen molar-refractivity contribution < 1.29 is 32.2 Å². The molecule has 0 rings (SSSR count). The first-order chi connectivity index (χ1) is 7.20. The van der Waals surface area contributed by atoms with E-state index in [0.29, 0.717) is 12.2 Å². The van der Waals surface area contributed by atoms with Crippen LogP contribution in [0.25, 0.3) is 0 Å². The summed E-state index contributed by atoms with van der Waals surface area (Å²) in [5, 5.41) is 0. The zero-order valence-corrected chi connectivity index (χ0v) is 8.71. The van der Waals surface area contributed by atoms with E-state index in [-0.39, 0.29) is 6.10 Å². The van der Waals surface area contributed by atoms with E-state index >= 15 is 0 Å². The second kappa shape index (κ2) is 6.14. The van der Waals surface area contributed by atoms with Gasteiger partial charge in [-0.3, -0.25) is 0 Å². The number of ether oxygens (including phenoxy) is 2. The molecule has 0 saturated heterocycles. The number of hydrogen-bond acceptors (Lipinski definition) is 4. The third-order valence-electron chi connectivity index (χ3n) is 1.09. The van der Waals surface area contributed by atoms with Gasteiger partial charge in [0.2, 0.25) is 0 Å². The van der Waals surface area contributed by atoms with Gasteiger partial charge in [-0.05, 0) is 13.8 Å². The van der Waals surface area contributed by atoms with Crippen molar-refractivity contribution in [1.29, 1.82) is 0 Å². The molecule has 0 aromatic rings. The molecule has 16 heavy (non-hydrogen) atoms. The Balaban J connectivity index is 3.96. The molecule has 0 spiro atoms. The van der Waals surface area contributed by atoms with Gasteiger partial charge in [-0.25, -0.2) is 9.59 Å². The highest BCUT2D eigenvalue weighted by Gasteiger charge is 2.29. The van der Waals surface area contributed by atoms with Crippen LogP contribution in [-0.4, -0.2) is 30.8 Å². The Kier molecular flexibility index (Phi) is 5.55. The van der Waals surface area contributed by atoms with Crippen LogP contribution in [0, 0.1) is 0 Å². The quantitative estimate of drug-likeness (QED) is 0.553. The van der Waals surface area contributed by atoms with Crippen LogP contribution in [0.5, 0.6) is 0 Å². The summed E-state index contributed by atoms with van der Waals surface area (Å²) in [6, 6.07) is 0. The van der Waals surface area contributed by atoms with Gasteiger partial charge in [0.15, 0.2) is 6.61 Å². The molecule has 0 unspecified atom stereocenters. The van der Waals surface area contributed by atoms with Crippen LogP contribution in [0.4, 0.5) is 13.2 Å². The molecule has 4 nitrogen and oxygen atoms in total. The van der Waals surface area contributed by atoms with E-state index in [2.05, 4.69) is 9.47 Å². The zero-order valence-electron chi connectivity index (χ0n) is 8.71. The van der Waals surface area contributed by atoms with Crippen LogP contribution in [0.1, 0.15) is 13.8 Å². The second-order valence-electron chi connectivity index (χ2n) is 3.04. The number of carbonyl (C=O) groups excluding carboxylic acids is 2. The van der Waals surface area contributed by atoms with E-state index < -0.39 is 24.7 Å². The van der Waals surface area contributed by atoms with Gasteiger partial charge >= 0.3 is 18.1 Å². The number of rotatable bonds is 4. The summed E-state index contributed by atoms with van der Waals surface area (Å²) in [7, 11) is 0. The maximum atomic E-state index is 11.6. The highest BCUT2D eigenvalue weighted by molar-refractivity contribution is 5.91. The lowest BCUT2D eigenvalue weighted by molar-refractivity contribution is -0.182. The molecule has 0 saturated carbocycles. The van der Waals surface area contributed by atoms with E-state index in [0.717, 1.165) is 0 Å². The Morgan fingerprint density at radius 1 is 1.19 bits per heavy atom. The van der Waals surface area contributed by atoms with Crippen molar-refractivity contribution in [2.45, 2.75) is 26.1 Å². The standard InChI is InChI=1S/C9H11F3O4/c1-6(2)16-8(14)4-3-7(13)15-5-9(10,11)12/h3-4,6H,5H2,1-2H3/b4-3+. The smallest absolute Gasteiger partial charge is 0.422 e. The largest absolute Gasteiger partial charge is 0.460 e. The molecule has 0 aromatic carbocycles.